The summed E-state index contributed by atoms with van der Waals surface area (Å²) < 4.78 is 6.12. The monoisotopic (exact) mass is 670 g/mol. The third-order valence-electron chi connectivity index (χ3n) is 8.86. The summed E-state index contributed by atoms with van der Waals surface area (Å²) in [4.78, 5) is 65.5. The number of nitrogens with one attached hydrogen (secondary N) is 4. The summed E-state index contributed by atoms with van der Waals surface area (Å²) in [5, 5.41) is 11.9. The second-order valence-electron chi connectivity index (χ2n) is 13.0. The number of alkyl carbamates (subject to hydrolysis) is 1. The van der Waals surface area contributed by atoms with Gasteiger partial charge in [-0.1, -0.05) is 61.3 Å². The number of carbonyl (C=O) groups is 5. The number of carbonyl (C=O) groups excluding carboxylic acids is 5. The van der Waals surface area contributed by atoms with Gasteiger partial charge >= 0.3 is 6.09 Å². The minimum Gasteiger partial charge on any atom is -0.440 e. The Morgan fingerprint density at radius 1 is 0.957 bits per heavy atom. The van der Waals surface area contributed by atoms with E-state index in [1.165, 1.54) is 0 Å². The van der Waals surface area contributed by atoms with Crippen molar-refractivity contribution in [2.45, 2.75) is 88.4 Å². The molecular formula is C34H40Cl2N4O6. The molecule has 0 radical (unpaired) electrons. The van der Waals surface area contributed by atoms with E-state index >= 15 is 0 Å². The fraction of sp³-hybridized carbons (Fsp3) is 0.500. The van der Waals surface area contributed by atoms with Gasteiger partial charge in [-0.3, -0.25) is 19.2 Å². The number of benzene rings is 2. The Morgan fingerprint density at radius 3 is 2.26 bits per heavy atom. The van der Waals surface area contributed by atoms with E-state index < -0.39 is 53.2 Å². The van der Waals surface area contributed by atoms with Crippen molar-refractivity contribution in [3.05, 3.63) is 69.7 Å². The normalized spacial score (nSPS) is 20.2. The average molecular weight is 672 g/mol. The van der Waals surface area contributed by atoms with Crippen LogP contribution in [-0.2, 0) is 29.3 Å². The van der Waals surface area contributed by atoms with E-state index in [0.717, 1.165) is 36.8 Å². The van der Waals surface area contributed by atoms with E-state index in [4.69, 9.17) is 27.9 Å². The van der Waals surface area contributed by atoms with Crippen LogP contribution in [0.4, 0.5) is 4.79 Å². The predicted molar refractivity (Wildman–Crippen MR) is 173 cm³/mol. The molecule has 5 rings (SSSR count). The van der Waals surface area contributed by atoms with Crippen molar-refractivity contribution in [1.29, 1.82) is 0 Å². The van der Waals surface area contributed by atoms with E-state index in [-0.39, 0.29) is 30.7 Å². The molecule has 2 saturated carbocycles. The van der Waals surface area contributed by atoms with Gasteiger partial charge in [0.1, 0.15) is 12.1 Å². The van der Waals surface area contributed by atoms with Gasteiger partial charge in [-0.25, -0.2) is 4.79 Å². The molecule has 4 amide bonds. The number of halogens is 2. The second-order valence-corrected chi connectivity index (χ2v) is 13.9. The summed E-state index contributed by atoms with van der Waals surface area (Å²) in [5.74, 6) is -3.01. The summed E-state index contributed by atoms with van der Waals surface area (Å²) in [6.07, 6.45) is 2.29. The number of ether oxygens (including phenoxy) is 1. The highest BCUT2D eigenvalue weighted by atomic mass is 35.5. The minimum atomic E-state index is -1.23. The molecule has 246 valence electrons. The molecule has 0 aromatic heterocycles. The van der Waals surface area contributed by atoms with Crippen LogP contribution in [0.25, 0.3) is 0 Å². The lowest BCUT2D eigenvalue weighted by Gasteiger charge is -2.30. The maximum Gasteiger partial charge on any atom is 0.408 e. The van der Waals surface area contributed by atoms with Gasteiger partial charge in [-0.05, 0) is 86.3 Å². The van der Waals surface area contributed by atoms with Gasteiger partial charge in [0.15, 0.2) is 0 Å². The lowest BCUT2D eigenvalue weighted by molar-refractivity contribution is -0.141. The highest BCUT2D eigenvalue weighted by Crippen LogP contribution is 2.58. The van der Waals surface area contributed by atoms with Crippen LogP contribution in [0.3, 0.4) is 0 Å². The average Bonchev–Trinajstić information content (AvgIpc) is 3.95. The zero-order chi connectivity index (χ0) is 33.0. The first kappa shape index (κ1) is 33.7. The van der Waals surface area contributed by atoms with E-state index in [0.29, 0.717) is 23.0 Å². The number of ketones is 1. The standard InChI is InChI=1S/C34H40Cl2N4O6/c1-19(2)16-27(31(43)39-26(17-21-12-15-37-30(21)42)28(41)32(44)38-25-10-11-25)40-33(45)46-29(20-6-8-23(35)9-7-20)34(13-14-34)22-4-3-5-24(36)18-22/h3-9,18-19,21,25-27,29H,10-17H2,1-2H3,(H,37,42)(H,38,44)(H,39,43)(H,40,45). The Morgan fingerprint density at radius 2 is 1.67 bits per heavy atom. The molecule has 10 nitrogen and oxygen atoms in total. The number of amides is 4. The zero-order valence-electron chi connectivity index (χ0n) is 25.9. The SMILES string of the molecule is CC(C)CC(NC(=O)OC(c1ccc(Cl)cc1)C1(c2cccc(Cl)c2)CC1)C(=O)NC(CC1CCNC1=O)C(=O)C(=O)NC1CC1. The van der Waals surface area contributed by atoms with Gasteiger partial charge in [0.05, 0.1) is 6.04 Å². The molecule has 2 aliphatic carbocycles. The molecule has 4 N–H and O–H groups in total. The number of rotatable bonds is 14. The van der Waals surface area contributed by atoms with Crippen LogP contribution in [0.2, 0.25) is 10.0 Å². The van der Waals surface area contributed by atoms with Crippen molar-refractivity contribution >= 4 is 52.8 Å². The first-order chi connectivity index (χ1) is 21.9. The summed E-state index contributed by atoms with van der Waals surface area (Å²) in [6, 6.07) is 12.2. The Bertz CT molecular complexity index is 1470. The molecule has 3 aliphatic rings. The first-order valence-corrected chi connectivity index (χ1v) is 16.6. The van der Waals surface area contributed by atoms with Crippen LogP contribution < -0.4 is 21.3 Å². The van der Waals surface area contributed by atoms with Gasteiger partial charge in [-0.15, -0.1) is 0 Å². The summed E-state index contributed by atoms with van der Waals surface area (Å²) in [7, 11) is 0. The smallest absolute Gasteiger partial charge is 0.408 e. The fourth-order valence-electron chi connectivity index (χ4n) is 6.06. The molecule has 1 aliphatic heterocycles. The van der Waals surface area contributed by atoms with Crippen LogP contribution >= 0.6 is 23.2 Å². The van der Waals surface area contributed by atoms with Crippen molar-refractivity contribution in [3.8, 4) is 0 Å². The number of Topliss-reactive ketones (excluding diaryl/α,β-unsaturated/α-hetero) is 1. The molecule has 0 bridgehead atoms. The predicted octanol–water partition coefficient (Wildman–Crippen LogP) is 4.77. The van der Waals surface area contributed by atoms with E-state index in [1.807, 2.05) is 44.2 Å². The van der Waals surface area contributed by atoms with Crippen molar-refractivity contribution in [2.75, 3.05) is 6.54 Å². The second kappa shape index (κ2) is 14.4. The number of hydrogen-bond donors (Lipinski definition) is 4. The van der Waals surface area contributed by atoms with Gasteiger partial charge in [0, 0.05) is 34.0 Å². The molecule has 1 heterocycles. The lowest BCUT2D eigenvalue weighted by Crippen LogP contribution is -2.55. The molecule has 3 fully saturated rings. The molecule has 2 aromatic rings. The molecule has 1 saturated heterocycles. The van der Waals surface area contributed by atoms with Crippen LogP contribution in [0, 0.1) is 11.8 Å². The highest BCUT2D eigenvalue weighted by molar-refractivity contribution is 6.38. The fourth-order valence-corrected chi connectivity index (χ4v) is 6.38. The minimum absolute atomic E-state index is 0.0164. The zero-order valence-corrected chi connectivity index (χ0v) is 27.5. The van der Waals surface area contributed by atoms with Crippen molar-refractivity contribution < 1.29 is 28.7 Å². The van der Waals surface area contributed by atoms with Crippen LogP contribution in [0.5, 0.6) is 0 Å². The molecule has 0 spiro atoms. The first-order valence-electron chi connectivity index (χ1n) is 15.9. The Kier molecular flexibility index (Phi) is 10.6. The van der Waals surface area contributed by atoms with Gasteiger partial charge < -0.3 is 26.0 Å². The van der Waals surface area contributed by atoms with E-state index in [1.54, 1.807) is 18.2 Å². The van der Waals surface area contributed by atoms with Crippen LogP contribution in [0.1, 0.15) is 76.0 Å². The Balaban J connectivity index is 1.34. The van der Waals surface area contributed by atoms with Gasteiger partial charge in [0.25, 0.3) is 5.91 Å². The Labute approximate surface area is 278 Å². The van der Waals surface area contributed by atoms with E-state index in [9.17, 15) is 24.0 Å². The summed E-state index contributed by atoms with van der Waals surface area (Å²) in [6.45, 7) is 4.26. The molecular weight excluding hydrogens is 631 g/mol. The maximum absolute atomic E-state index is 13.7. The third-order valence-corrected chi connectivity index (χ3v) is 9.34. The summed E-state index contributed by atoms with van der Waals surface area (Å²) in [5.41, 5.74) is 1.16. The molecule has 46 heavy (non-hydrogen) atoms. The van der Waals surface area contributed by atoms with Gasteiger partial charge in [-0.2, -0.15) is 0 Å². The molecule has 12 heteroatoms. The van der Waals surface area contributed by atoms with Crippen molar-refractivity contribution in [1.82, 2.24) is 21.3 Å². The van der Waals surface area contributed by atoms with E-state index in [2.05, 4.69) is 21.3 Å². The third kappa shape index (κ3) is 8.39. The van der Waals surface area contributed by atoms with Gasteiger partial charge in [0.2, 0.25) is 17.6 Å². The number of hydrogen-bond acceptors (Lipinski definition) is 6. The highest BCUT2D eigenvalue weighted by Gasteiger charge is 2.54. The summed E-state index contributed by atoms with van der Waals surface area (Å²) >= 11 is 12.5. The van der Waals surface area contributed by atoms with Crippen LogP contribution in [0.15, 0.2) is 48.5 Å². The molecule has 4 atom stereocenters. The van der Waals surface area contributed by atoms with Crippen LogP contribution in [-0.4, -0.2) is 54.3 Å². The lowest BCUT2D eigenvalue weighted by atomic mass is 9.86. The quantitative estimate of drug-likeness (QED) is 0.213. The van der Waals surface area contributed by atoms with Crippen molar-refractivity contribution in [3.63, 3.8) is 0 Å². The maximum atomic E-state index is 13.7. The topological polar surface area (TPSA) is 143 Å². The molecule has 4 unspecified atom stereocenters. The Hall–Kier alpha value is -3.63. The van der Waals surface area contributed by atoms with Crippen molar-refractivity contribution in [2.24, 2.45) is 11.8 Å². The largest absolute Gasteiger partial charge is 0.440 e. The molecule has 2 aromatic carbocycles.